The highest BCUT2D eigenvalue weighted by molar-refractivity contribution is 6.30. The van der Waals surface area contributed by atoms with Crippen LogP contribution in [0.15, 0.2) is 24.3 Å². The van der Waals surface area contributed by atoms with Crippen molar-refractivity contribution in [1.82, 2.24) is 15.1 Å². The minimum Gasteiger partial charge on any atom is -0.444 e. The number of benzene rings is 1. The van der Waals surface area contributed by atoms with Gasteiger partial charge in [-0.05, 0) is 50.8 Å². The summed E-state index contributed by atoms with van der Waals surface area (Å²) in [6.45, 7) is 14.3. The van der Waals surface area contributed by atoms with Gasteiger partial charge in [-0.1, -0.05) is 51.4 Å². The lowest BCUT2D eigenvalue weighted by molar-refractivity contribution is -0.157. The third-order valence-electron chi connectivity index (χ3n) is 7.22. The summed E-state index contributed by atoms with van der Waals surface area (Å²) in [5.74, 6) is -0.897. The predicted molar refractivity (Wildman–Crippen MR) is 138 cm³/mol. The van der Waals surface area contributed by atoms with Gasteiger partial charge in [0.25, 0.3) is 0 Å². The highest BCUT2D eigenvalue weighted by atomic mass is 35.5. The number of amides is 3. The highest BCUT2D eigenvalue weighted by Crippen LogP contribution is 2.46. The predicted octanol–water partition coefficient (Wildman–Crippen LogP) is 3.79. The average Bonchev–Trinajstić information content (AvgIpc) is 2.71. The molecule has 36 heavy (non-hydrogen) atoms. The van der Waals surface area contributed by atoms with Gasteiger partial charge >= 0.3 is 6.09 Å². The molecule has 0 spiro atoms. The summed E-state index contributed by atoms with van der Waals surface area (Å²) < 4.78 is 5.35. The molecule has 0 saturated carbocycles. The fourth-order valence-electron chi connectivity index (χ4n) is 4.87. The van der Waals surface area contributed by atoms with E-state index in [1.54, 1.807) is 37.8 Å². The van der Waals surface area contributed by atoms with Gasteiger partial charge in [0.05, 0.1) is 11.5 Å². The Labute approximate surface area is 219 Å². The number of rotatable bonds is 5. The van der Waals surface area contributed by atoms with Crippen molar-refractivity contribution in [1.29, 1.82) is 0 Å². The minimum atomic E-state index is -1.11. The molecule has 3 rings (SSSR count). The average molecular weight is 522 g/mol. The second kappa shape index (κ2) is 10.2. The van der Waals surface area contributed by atoms with Crippen LogP contribution in [0.25, 0.3) is 0 Å². The fraction of sp³-hybridized carbons (Fsp3) is 0.667. The summed E-state index contributed by atoms with van der Waals surface area (Å²) in [6.07, 6.45) is -0.0636. The standard InChI is InChI=1S/C27H40ClN3O5/c1-17(2)21(29-22(32)18-14-31(15-18)24(34)36-25(3,4)5)23(33)30-13-12-27(35,26(6,7)16-30)19-8-10-20(28)11-9-19/h8-11,17-18,21,35H,12-16H2,1-7H3,(H,29,32)/t21-,27+/m1/s1. The number of nitrogens with zero attached hydrogens (tertiary/aromatic N) is 2. The van der Waals surface area contributed by atoms with Crippen molar-refractivity contribution in [3.63, 3.8) is 0 Å². The molecule has 2 aliphatic rings. The molecule has 2 saturated heterocycles. The van der Waals surface area contributed by atoms with E-state index in [0.717, 1.165) is 5.56 Å². The summed E-state index contributed by atoms with van der Waals surface area (Å²) in [4.78, 5) is 41.9. The first-order valence-electron chi connectivity index (χ1n) is 12.6. The van der Waals surface area contributed by atoms with Gasteiger partial charge in [0.15, 0.2) is 0 Å². The van der Waals surface area contributed by atoms with Gasteiger partial charge in [-0.25, -0.2) is 4.79 Å². The molecule has 0 aliphatic carbocycles. The van der Waals surface area contributed by atoms with Crippen molar-refractivity contribution in [2.24, 2.45) is 17.3 Å². The number of piperidine rings is 1. The monoisotopic (exact) mass is 521 g/mol. The van der Waals surface area contributed by atoms with Crippen LogP contribution >= 0.6 is 11.6 Å². The molecule has 2 N–H and O–H groups in total. The molecule has 0 bridgehead atoms. The molecule has 2 heterocycles. The van der Waals surface area contributed by atoms with Crippen LogP contribution in [0.5, 0.6) is 0 Å². The van der Waals surface area contributed by atoms with E-state index in [1.807, 2.05) is 39.8 Å². The molecule has 8 nitrogen and oxygen atoms in total. The number of halogens is 1. The van der Waals surface area contributed by atoms with E-state index in [9.17, 15) is 19.5 Å². The Hall–Kier alpha value is -2.32. The summed E-state index contributed by atoms with van der Waals surface area (Å²) >= 11 is 6.03. The Morgan fingerprint density at radius 2 is 1.69 bits per heavy atom. The quantitative estimate of drug-likeness (QED) is 0.614. The SMILES string of the molecule is CC(C)[C@@H](NC(=O)C1CN(C(=O)OC(C)(C)C)C1)C(=O)N1CC[C@](O)(c2ccc(Cl)cc2)C(C)(C)C1. The molecule has 1 aromatic carbocycles. The number of ether oxygens (including phenoxy) is 1. The van der Waals surface area contributed by atoms with Crippen molar-refractivity contribution >= 4 is 29.5 Å². The van der Waals surface area contributed by atoms with Crippen molar-refractivity contribution in [3.8, 4) is 0 Å². The molecule has 1 aromatic rings. The molecule has 200 valence electrons. The van der Waals surface area contributed by atoms with E-state index in [0.29, 0.717) is 24.5 Å². The maximum Gasteiger partial charge on any atom is 0.410 e. The second-order valence-electron chi connectivity index (χ2n) is 12.1. The lowest BCUT2D eigenvalue weighted by Gasteiger charge is -2.51. The Morgan fingerprint density at radius 3 is 2.19 bits per heavy atom. The number of carbonyl (C=O) groups excluding carboxylic acids is 3. The molecule has 0 unspecified atom stereocenters. The number of hydrogen-bond acceptors (Lipinski definition) is 5. The Morgan fingerprint density at radius 1 is 1.11 bits per heavy atom. The van der Waals surface area contributed by atoms with Crippen LogP contribution in [0.2, 0.25) is 5.02 Å². The zero-order valence-electron chi connectivity index (χ0n) is 22.4. The number of hydrogen-bond donors (Lipinski definition) is 2. The maximum absolute atomic E-state index is 13.5. The van der Waals surface area contributed by atoms with Gasteiger partial charge in [-0.3, -0.25) is 9.59 Å². The molecule has 0 aromatic heterocycles. The van der Waals surface area contributed by atoms with E-state index in [-0.39, 0.29) is 36.7 Å². The normalized spacial score (nSPS) is 23.2. The zero-order valence-corrected chi connectivity index (χ0v) is 23.2. The Balaban J connectivity index is 1.62. The number of aliphatic hydroxyl groups is 1. The third kappa shape index (κ3) is 5.97. The van der Waals surface area contributed by atoms with Crippen LogP contribution in [-0.4, -0.2) is 70.6 Å². The van der Waals surface area contributed by atoms with Crippen LogP contribution in [0.4, 0.5) is 4.79 Å². The van der Waals surface area contributed by atoms with Crippen molar-refractivity contribution in [2.75, 3.05) is 26.2 Å². The Bertz CT molecular complexity index is 982. The van der Waals surface area contributed by atoms with Crippen LogP contribution in [0, 0.1) is 17.3 Å². The first kappa shape index (κ1) is 28.3. The third-order valence-corrected chi connectivity index (χ3v) is 7.47. The molecule has 2 atom stereocenters. The van der Waals surface area contributed by atoms with Crippen molar-refractivity contribution < 1.29 is 24.2 Å². The largest absolute Gasteiger partial charge is 0.444 e. The summed E-state index contributed by atoms with van der Waals surface area (Å²) in [6, 6.07) is 6.50. The lowest BCUT2D eigenvalue weighted by Crippen LogP contribution is -2.62. The van der Waals surface area contributed by atoms with E-state index in [4.69, 9.17) is 16.3 Å². The van der Waals surface area contributed by atoms with Gasteiger partial charge in [0, 0.05) is 36.6 Å². The van der Waals surface area contributed by atoms with E-state index < -0.39 is 28.8 Å². The van der Waals surface area contributed by atoms with Crippen molar-refractivity contribution in [3.05, 3.63) is 34.9 Å². The van der Waals surface area contributed by atoms with Gasteiger partial charge in [-0.2, -0.15) is 0 Å². The van der Waals surface area contributed by atoms with Gasteiger partial charge < -0.3 is 25.0 Å². The van der Waals surface area contributed by atoms with E-state index in [1.165, 1.54) is 4.90 Å². The first-order valence-corrected chi connectivity index (χ1v) is 13.0. The topological polar surface area (TPSA) is 99.2 Å². The number of carbonyl (C=O) groups is 3. The molecule has 2 fully saturated rings. The molecule has 3 amide bonds. The number of likely N-dealkylation sites (tertiary alicyclic amines) is 2. The molecule has 0 radical (unpaired) electrons. The van der Waals surface area contributed by atoms with Crippen molar-refractivity contribution in [2.45, 2.75) is 72.1 Å². The molecule has 2 aliphatic heterocycles. The second-order valence-corrected chi connectivity index (χ2v) is 12.5. The molecular formula is C27H40ClN3O5. The minimum absolute atomic E-state index is 0.122. The van der Waals surface area contributed by atoms with Gasteiger partial charge in [0.1, 0.15) is 11.6 Å². The van der Waals surface area contributed by atoms with E-state index >= 15 is 0 Å². The van der Waals surface area contributed by atoms with Gasteiger partial charge in [-0.15, -0.1) is 0 Å². The van der Waals surface area contributed by atoms with Crippen LogP contribution in [0.1, 0.15) is 60.5 Å². The van der Waals surface area contributed by atoms with Gasteiger partial charge in [0.2, 0.25) is 11.8 Å². The lowest BCUT2D eigenvalue weighted by atomic mass is 9.66. The number of nitrogens with one attached hydrogen (secondary N) is 1. The summed E-state index contributed by atoms with van der Waals surface area (Å²) in [5.41, 5.74) is -1.55. The smallest absolute Gasteiger partial charge is 0.410 e. The molecular weight excluding hydrogens is 482 g/mol. The zero-order chi connectivity index (χ0) is 27.1. The first-order chi connectivity index (χ1) is 16.5. The van der Waals surface area contributed by atoms with Crippen LogP contribution in [-0.2, 0) is 19.9 Å². The summed E-state index contributed by atoms with van der Waals surface area (Å²) in [7, 11) is 0. The Kier molecular flexibility index (Phi) is 8.01. The maximum atomic E-state index is 13.5. The highest BCUT2D eigenvalue weighted by Gasteiger charge is 2.50. The fourth-order valence-corrected chi connectivity index (χ4v) is 5.00. The van der Waals surface area contributed by atoms with Crippen LogP contribution < -0.4 is 5.32 Å². The summed E-state index contributed by atoms with van der Waals surface area (Å²) in [5, 5.41) is 15.1. The molecule has 9 heteroatoms. The van der Waals surface area contributed by atoms with Crippen LogP contribution in [0.3, 0.4) is 0 Å². The van der Waals surface area contributed by atoms with E-state index in [2.05, 4.69) is 5.32 Å².